The van der Waals surface area contributed by atoms with Crippen LogP contribution < -0.4 is 80.6 Å². The first-order valence-electron chi connectivity index (χ1n) is 34.6. The molecule has 2 aromatic heterocycles. The van der Waals surface area contributed by atoms with Gasteiger partial charge in [-0.05, 0) is 58.3 Å². The van der Waals surface area contributed by atoms with Gasteiger partial charge in [0.15, 0.2) is 0 Å². The molecule has 2 bridgehead atoms. The molecule has 0 unspecified atom stereocenters. The number of aliphatic hydroxyl groups excluding tert-OH is 1. The van der Waals surface area contributed by atoms with Crippen molar-refractivity contribution in [2.24, 2.45) is 23.3 Å². The van der Waals surface area contributed by atoms with E-state index in [0.717, 1.165) is 43.2 Å². The number of carbonyl (C=O) groups excluding carboxylic acids is 16. The van der Waals surface area contributed by atoms with Gasteiger partial charge in [-0.2, -0.15) is 0 Å². The van der Waals surface area contributed by atoms with Crippen LogP contribution in [0, 0.1) is 11.8 Å². The predicted molar refractivity (Wildman–Crippen MR) is 388 cm³/mol. The fourth-order valence-corrected chi connectivity index (χ4v) is 16.2. The van der Waals surface area contributed by atoms with Gasteiger partial charge in [-0.15, -0.1) is 0 Å². The number of carboxylic acids is 1. The Morgan fingerprint density at radius 3 is 1.52 bits per heavy atom. The number of imidazole rings is 2. The number of nitrogens with one attached hydrogen (secondary N) is 15. The van der Waals surface area contributed by atoms with Gasteiger partial charge in [-0.3, -0.25) is 76.7 Å². The van der Waals surface area contributed by atoms with Gasteiger partial charge in [0.25, 0.3) is 0 Å². The molecule has 4 fully saturated rings. The molecule has 44 heteroatoms. The molecule has 590 valence electrons. The van der Waals surface area contributed by atoms with Gasteiger partial charge in [0, 0.05) is 72.7 Å². The van der Waals surface area contributed by atoms with Crippen LogP contribution in [0.1, 0.15) is 98.4 Å². The highest BCUT2D eigenvalue weighted by Crippen LogP contribution is 2.27. The molecular formula is C63H95N21O19S4. The molecule has 16 amide bonds. The summed E-state index contributed by atoms with van der Waals surface area (Å²) in [5.74, 6) is -20.3. The normalized spacial score (nSPS) is 29.0. The van der Waals surface area contributed by atoms with Crippen molar-refractivity contribution in [2.75, 3.05) is 49.3 Å². The number of hydrogen-bond acceptors (Lipinski definition) is 25. The summed E-state index contributed by atoms with van der Waals surface area (Å²) in [5.41, 5.74) is 12.0. The molecule has 2 aromatic rings. The summed E-state index contributed by atoms with van der Waals surface area (Å²) in [7, 11) is 3.19. The molecule has 40 nitrogen and oxygen atoms in total. The van der Waals surface area contributed by atoms with Crippen molar-refractivity contribution in [1.82, 2.24) is 98.9 Å². The maximum absolute atomic E-state index is 14.6. The summed E-state index contributed by atoms with van der Waals surface area (Å²) in [5, 5.41) is 53.8. The van der Waals surface area contributed by atoms with Crippen LogP contribution in [0.4, 0.5) is 0 Å². The van der Waals surface area contributed by atoms with Crippen molar-refractivity contribution in [2.45, 2.75) is 190 Å². The second-order valence-corrected chi connectivity index (χ2v) is 31.4. The molecule has 0 radical (unpaired) electrons. The third-order valence-electron chi connectivity index (χ3n) is 17.8. The third-order valence-corrected chi connectivity index (χ3v) is 22.7. The van der Waals surface area contributed by atoms with E-state index in [1.165, 1.54) is 69.5 Å². The Balaban J connectivity index is 1.39. The summed E-state index contributed by atoms with van der Waals surface area (Å²) in [4.78, 5) is 255. The molecular weight excluding hydrogens is 1480 g/mol. The lowest BCUT2D eigenvalue weighted by atomic mass is 9.97. The quantitative estimate of drug-likeness (QED) is 0.0829. The van der Waals surface area contributed by atoms with Gasteiger partial charge in [0.1, 0.15) is 90.6 Å². The second kappa shape index (κ2) is 41.7. The van der Waals surface area contributed by atoms with Gasteiger partial charge in [0.05, 0.1) is 32.2 Å². The van der Waals surface area contributed by atoms with Gasteiger partial charge in [0.2, 0.25) is 94.5 Å². The molecule has 4 saturated heterocycles. The zero-order valence-corrected chi connectivity index (χ0v) is 63.1. The smallest absolute Gasteiger partial charge is 0.327 e. The molecule has 6 rings (SSSR count). The Morgan fingerprint density at radius 1 is 0.533 bits per heavy atom. The van der Waals surface area contributed by atoms with E-state index in [0.29, 0.717) is 17.8 Å². The number of aromatic amines is 2. The Labute approximate surface area is 630 Å². The van der Waals surface area contributed by atoms with E-state index in [4.69, 9.17) is 11.5 Å². The van der Waals surface area contributed by atoms with Crippen LogP contribution in [0.15, 0.2) is 25.0 Å². The lowest BCUT2D eigenvalue weighted by Crippen LogP contribution is -2.61. The summed E-state index contributed by atoms with van der Waals surface area (Å²) >= 11 is 0. The zero-order valence-electron chi connectivity index (χ0n) is 59.8. The van der Waals surface area contributed by atoms with E-state index in [2.05, 4.69) is 89.1 Å². The van der Waals surface area contributed by atoms with Gasteiger partial charge < -0.3 is 111 Å². The van der Waals surface area contributed by atoms with Crippen LogP contribution in [0.25, 0.3) is 0 Å². The number of H-pyrrole nitrogens is 2. The highest BCUT2D eigenvalue weighted by molar-refractivity contribution is 8.77. The largest absolute Gasteiger partial charge is 0.480 e. The topological polar surface area (TPSA) is 603 Å². The number of carboxylic acid groups (broad SMARTS) is 1. The lowest BCUT2D eigenvalue weighted by molar-refractivity contribution is -0.142. The first-order chi connectivity index (χ1) is 50.7. The van der Waals surface area contributed by atoms with E-state index < -0.39 is 246 Å². The van der Waals surface area contributed by atoms with Gasteiger partial charge in [-0.25, -0.2) is 14.8 Å². The molecule has 4 aliphatic rings. The standard InChI is InChI=1S/C63H95N21O19S4/c1-8-29(4)48-60(99)80-42(63(102)103)25-107-104-22-39(73-46(87)18-64)54(93)79-41-24-106-105-23-40(78-50(89)31(6)70-57(96)43-11-10-14-84(43)62(101)37(16-34-20-67-27-69-34)76-53(92)38(21-85)77-56(41)95)55(94)74-36(17-45(65)86)52(91)81-47(28(2)3)59(98)71-30(5)49(88)72-32(7)61(100)83-13-9-12-44(83)58(97)75-35(51(90)82-48)15-33-19-66-26-68-33/h19-20,26-32,35-44,47-48,85H,8-18,21-25,64H2,1-7H3,(H2,65,86)(H,66,68)(H,67,69)(H,70,96)(H,71,98)(H,72,88)(H,73,87)(H,74,94)(H,75,97)(H,76,92)(H,77,95)(H,78,89)(H,79,93)(H,80,99)(H,81,91)(H,82,90)(H,102,103)/t29-,30-,31-,32-,35-,36-,37-,38-,39-,40-,41-,42+,43-,44-,47-,48-/m0/s1. The molecule has 0 aromatic carbocycles. The minimum Gasteiger partial charge on any atom is -0.480 e. The second-order valence-electron chi connectivity index (χ2n) is 26.3. The maximum atomic E-state index is 14.6. The fraction of sp³-hybridized carbons (Fsp3) is 0.635. The fourth-order valence-electron chi connectivity index (χ4n) is 11.5. The molecule has 0 aliphatic carbocycles. The third kappa shape index (κ3) is 25.4. The number of aliphatic carboxylic acids is 1. The number of hydrogen-bond donors (Lipinski definition) is 19. The summed E-state index contributed by atoms with van der Waals surface area (Å²) < 4.78 is 0. The highest BCUT2D eigenvalue weighted by atomic mass is 33.1. The van der Waals surface area contributed by atoms with E-state index in [-0.39, 0.29) is 51.6 Å². The Bertz CT molecular complexity index is 3540. The number of nitrogens with zero attached hydrogens (tertiary/aromatic N) is 4. The number of primary amides is 1. The first kappa shape index (κ1) is 86.6. The molecule has 0 spiro atoms. The number of nitrogens with two attached hydrogens (primary N) is 2. The van der Waals surface area contributed by atoms with Crippen LogP contribution in [0.5, 0.6) is 0 Å². The predicted octanol–water partition coefficient (Wildman–Crippen LogP) is -7.33. The van der Waals surface area contributed by atoms with E-state index in [9.17, 15) is 91.7 Å². The molecule has 21 N–H and O–H groups in total. The number of aliphatic hydroxyl groups is 1. The van der Waals surface area contributed by atoms with Crippen molar-refractivity contribution in [3.05, 3.63) is 36.4 Å². The van der Waals surface area contributed by atoms with E-state index in [1.807, 2.05) is 0 Å². The highest BCUT2D eigenvalue weighted by Gasteiger charge is 2.44. The van der Waals surface area contributed by atoms with Gasteiger partial charge >= 0.3 is 5.97 Å². The summed E-state index contributed by atoms with van der Waals surface area (Å²) in [6.07, 6.45) is 5.03. The Kier molecular flexibility index (Phi) is 33.8. The van der Waals surface area contributed by atoms with E-state index in [1.54, 1.807) is 13.8 Å². The monoisotopic (exact) mass is 1580 g/mol. The first-order valence-corrected chi connectivity index (χ1v) is 39.5. The number of carbonyl (C=O) groups is 17. The number of amides is 16. The minimum absolute atomic E-state index is 0.0164. The average molecular weight is 1580 g/mol. The summed E-state index contributed by atoms with van der Waals surface area (Å²) in [6.45, 7) is 8.48. The molecule has 4 aliphatic heterocycles. The molecule has 0 saturated carbocycles. The molecule has 6 heterocycles. The maximum Gasteiger partial charge on any atom is 0.327 e. The molecule has 16 atom stereocenters. The number of fused-ring (bicyclic) bond motifs is 7. The Hall–Kier alpha value is -9.27. The van der Waals surface area contributed by atoms with Crippen LogP contribution in [-0.4, -0.2) is 280 Å². The van der Waals surface area contributed by atoms with Crippen LogP contribution >= 0.6 is 43.2 Å². The van der Waals surface area contributed by atoms with Crippen molar-refractivity contribution in [3.63, 3.8) is 0 Å². The molecule has 107 heavy (non-hydrogen) atoms. The van der Waals surface area contributed by atoms with Crippen molar-refractivity contribution in [3.8, 4) is 0 Å². The SMILES string of the molecule is CC[C@H](C)[C@@H]1NC(=O)[C@H](Cc2cnc[nH]2)NC(=O)[C@@H]2CCCN2C(=O)[C@H](C)NC(=O)[C@H](C)NC(=O)[C@H](C(C)C)NC(=O)[C@H](CC(N)=O)NC(=O)[C@@H]2CSSC[C@H](NC(=O)[C@@H](NC(=O)CN)CSSC[C@H](C(=O)O)NC1=O)C(=O)N[C@@H](CO)C(=O)N[C@@H](Cc1cnc[nH]1)C(=O)N1CCC[C@H]1C(=O)N[C@@H](C)C(=O)N2. The van der Waals surface area contributed by atoms with Crippen LogP contribution in [-0.2, 0) is 94.3 Å². The zero-order chi connectivity index (χ0) is 78.9. The van der Waals surface area contributed by atoms with E-state index >= 15 is 0 Å². The number of rotatable bonds is 13. The van der Waals surface area contributed by atoms with Crippen molar-refractivity contribution < 1.29 is 91.7 Å². The minimum atomic E-state index is -1.89. The van der Waals surface area contributed by atoms with Crippen LogP contribution in [0.2, 0.25) is 0 Å². The van der Waals surface area contributed by atoms with Crippen molar-refractivity contribution >= 4 is 144 Å². The number of aromatic nitrogens is 4. The van der Waals surface area contributed by atoms with Crippen molar-refractivity contribution in [1.29, 1.82) is 0 Å². The lowest BCUT2D eigenvalue weighted by Gasteiger charge is -2.30. The van der Waals surface area contributed by atoms with Gasteiger partial charge in [-0.1, -0.05) is 77.3 Å². The van der Waals surface area contributed by atoms with Crippen LogP contribution in [0.3, 0.4) is 0 Å². The Morgan fingerprint density at radius 2 is 0.991 bits per heavy atom. The average Bonchev–Trinajstić information content (AvgIpc) is 1.75. The summed E-state index contributed by atoms with van der Waals surface area (Å²) in [6, 6.07) is -23.0.